The van der Waals surface area contributed by atoms with Crippen molar-refractivity contribution in [2.45, 2.75) is 18.9 Å². The number of benzene rings is 1. The molecule has 36 heavy (non-hydrogen) atoms. The number of urea groups is 1. The van der Waals surface area contributed by atoms with Crippen LogP contribution >= 0.6 is 23.2 Å². The highest BCUT2D eigenvalue weighted by molar-refractivity contribution is 7.88. The molecule has 2 saturated heterocycles. The summed E-state index contributed by atoms with van der Waals surface area (Å²) >= 11 is 12.5. The van der Waals surface area contributed by atoms with Crippen LogP contribution in [0.1, 0.15) is 24.0 Å². The molecule has 3 atom stereocenters. The molecule has 9 nitrogen and oxygen atoms in total. The van der Waals surface area contributed by atoms with E-state index in [2.05, 4.69) is 16.4 Å². The summed E-state index contributed by atoms with van der Waals surface area (Å²) in [6.45, 7) is 4.36. The number of pyridine rings is 1. The minimum atomic E-state index is -3.27. The largest absolute Gasteiger partial charge is 0.367 e. The van der Waals surface area contributed by atoms with Crippen molar-refractivity contribution in [1.82, 2.24) is 19.1 Å². The van der Waals surface area contributed by atoms with Gasteiger partial charge in [-0.1, -0.05) is 29.3 Å². The van der Waals surface area contributed by atoms with Crippen LogP contribution in [0.2, 0.25) is 10.0 Å². The van der Waals surface area contributed by atoms with Gasteiger partial charge in [0.2, 0.25) is 10.0 Å². The van der Waals surface area contributed by atoms with Gasteiger partial charge in [-0.05, 0) is 36.8 Å². The molecule has 3 heterocycles. The highest BCUT2D eigenvalue weighted by Gasteiger charge is 2.41. The molecular formula is C24H28Cl2N6O3S. The number of aromatic nitrogens is 1. The number of likely N-dealkylation sites (tertiary alicyclic amines) is 1. The molecule has 0 spiro atoms. The second kappa shape index (κ2) is 10.8. The van der Waals surface area contributed by atoms with Crippen molar-refractivity contribution >= 4 is 45.1 Å². The van der Waals surface area contributed by atoms with Gasteiger partial charge in [-0.25, -0.2) is 18.2 Å². The molecule has 0 bridgehead atoms. The Morgan fingerprint density at radius 2 is 1.83 bits per heavy atom. The molecule has 1 unspecified atom stereocenters. The smallest absolute Gasteiger partial charge is 0.320 e. The number of anilines is 1. The van der Waals surface area contributed by atoms with E-state index in [1.54, 1.807) is 23.1 Å². The SMILES string of the molecule is CC(Nc1ccc(C#N)cn1)[C@H]1CN(C(=O)N2CCN(S(C)(=O)=O)CC2)C[C@@H]1c1ccc(Cl)c(Cl)c1. The van der Waals surface area contributed by atoms with E-state index >= 15 is 0 Å². The Kier molecular flexibility index (Phi) is 7.95. The maximum atomic E-state index is 13.4. The maximum Gasteiger partial charge on any atom is 0.320 e. The van der Waals surface area contributed by atoms with Crippen molar-refractivity contribution in [2.24, 2.45) is 5.92 Å². The Bertz CT molecular complexity index is 1260. The standard InChI is InChI=1S/C24H28Cl2N6O3S/c1-16(29-23-6-3-17(12-27)13-28-23)19-14-31(15-20(19)18-4-5-21(25)22(26)11-18)24(33)30-7-9-32(10-8-30)36(2,34)35/h3-6,11,13,16,19-20H,7-10,14-15H2,1-2H3,(H,28,29)/t16?,19-,20-/m1/s1. The third-order valence-corrected chi connectivity index (χ3v) is 8.94. The Hall–Kier alpha value is -2.58. The predicted molar refractivity (Wildman–Crippen MR) is 140 cm³/mol. The van der Waals surface area contributed by atoms with E-state index in [0.29, 0.717) is 60.7 Å². The van der Waals surface area contributed by atoms with E-state index in [0.717, 1.165) is 5.56 Å². The summed E-state index contributed by atoms with van der Waals surface area (Å²) in [5, 5.41) is 13.4. The second-order valence-electron chi connectivity index (χ2n) is 9.26. The van der Waals surface area contributed by atoms with Crippen LogP contribution < -0.4 is 5.32 Å². The molecule has 1 aromatic carbocycles. The number of nitrogens with zero attached hydrogens (tertiary/aromatic N) is 5. The summed E-state index contributed by atoms with van der Waals surface area (Å²) < 4.78 is 25.1. The lowest BCUT2D eigenvalue weighted by Crippen LogP contribution is -2.53. The first-order chi connectivity index (χ1) is 17.1. The monoisotopic (exact) mass is 550 g/mol. The number of halogens is 2. The van der Waals surface area contributed by atoms with Gasteiger partial charge in [-0.3, -0.25) is 0 Å². The Labute approximate surface area is 221 Å². The zero-order valence-electron chi connectivity index (χ0n) is 20.1. The minimum absolute atomic E-state index is 0.00177. The van der Waals surface area contributed by atoms with Gasteiger partial charge < -0.3 is 15.1 Å². The maximum absolute atomic E-state index is 13.4. The molecule has 192 valence electrons. The number of carbonyl (C=O) groups is 1. The van der Waals surface area contributed by atoms with Crippen molar-refractivity contribution < 1.29 is 13.2 Å². The average molecular weight is 552 g/mol. The molecule has 12 heteroatoms. The van der Waals surface area contributed by atoms with Crippen molar-refractivity contribution in [2.75, 3.05) is 50.8 Å². The number of piperazine rings is 1. The van der Waals surface area contributed by atoms with Crippen LogP contribution in [0.3, 0.4) is 0 Å². The van der Waals surface area contributed by atoms with Gasteiger partial charge in [0.1, 0.15) is 11.9 Å². The molecule has 0 radical (unpaired) electrons. The number of carbonyl (C=O) groups excluding carboxylic acids is 1. The molecule has 2 aromatic rings. The minimum Gasteiger partial charge on any atom is -0.367 e. The highest BCUT2D eigenvalue weighted by atomic mass is 35.5. The normalized spacial score (nSPS) is 21.8. The number of hydrogen-bond donors (Lipinski definition) is 1. The summed E-state index contributed by atoms with van der Waals surface area (Å²) in [6.07, 6.45) is 2.71. The van der Waals surface area contributed by atoms with Gasteiger partial charge in [-0.2, -0.15) is 9.57 Å². The van der Waals surface area contributed by atoms with Crippen LogP contribution in [0.4, 0.5) is 10.6 Å². The second-order valence-corrected chi connectivity index (χ2v) is 12.1. The van der Waals surface area contributed by atoms with Crippen LogP contribution in [0.5, 0.6) is 0 Å². The van der Waals surface area contributed by atoms with E-state index < -0.39 is 10.0 Å². The van der Waals surface area contributed by atoms with Gasteiger partial charge in [-0.15, -0.1) is 0 Å². The Morgan fingerprint density at radius 3 is 2.42 bits per heavy atom. The fourth-order valence-electron chi connectivity index (χ4n) is 4.88. The zero-order valence-corrected chi connectivity index (χ0v) is 22.4. The van der Waals surface area contributed by atoms with E-state index in [4.69, 9.17) is 28.5 Å². The van der Waals surface area contributed by atoms with Gasteiger partial charge in [0.15, 0.2) is 0 Å². The van der Waals surface area contributed by atoms with Gasteiger partial charge in [0, 0.05) is 63.3 Å². The molecule has 4 rings (SSSR count). The lowest BCUT2D eigenvalue weighted by Gasteiger charge is -2.35. The van der Waals surface area contributed by atoms with Crippen LogP contribution in [0, 0.1) is 17.2 Å². The van der Waals surface area contributed by atoms with Gasteiger partial charge >= 0.3 is 6.03 Å². The van der Waals surface area contributed by atoms with Crippen molar-refractivity contribution in [3.05, 3.63) is 57.7 Å². The van der Waals surface area contributed by atoms with E-state index in [1.807, 2.05) is 24.0 Å². The molecule has 0 aliphatic carbocycles. The molecule has 0 saturated carbocycles. The van der Waals surface area contributed by atoms with Crippen molar-refractivity contribution in [1.29, 1.82) is 5.26 Å². The number of amides is 2. The molecule has 1 aromatic heterocycles. The first-order valence-corrected chi connectivity index (χ1v) is 14.2. The lowest BCUT2D eigenvalue weighted by atomic mass is 9.84. The quantitative estimate of drug-likeness (QED) is 0.610. The third kappa shape index (κ3) is 5.86. The van der Waals surface area contributed by atoms with E-state index in [1.165, 1.54) is 16.8 Å². The Balaban J connectivity index is 1.52. The van der Waals surface area contributed by atoms with Crippen molar-refractivity contribution in [3.8, 4) is 6.07 Å². The van der Waals surface area contributed by atoms with Crippen LogP contribution in [-0.2, 0) is 10.0 Å². The summed E-state index contributed by atoms with van der Waals surface area (Å²) in [6, 6.07) is 11.0. The van der Waals surface area contributed by atoms with Crippen LogP contribution in [0.15, 0.2) is 36.5 Å². The Morgan fingerprint density at radius 1 is 1.11 bits per heavy atom. The number of rotatable bonds is 5. The molecule has 2 aliphatic rings. The molecule has 2 aliphatic heterocycles. The molecule has 1 N–H and O–H groups in total. The van der Waals surface area contributed by atoms with Crippen LogP contribution in [0.25, 0.3) is 0 Å². The topological polar surface area (TPSA) is 110 Å². The van der Waals surface area contributed by atoms with Gasteiger partial charge in [0.05, 0.1) is 21.9 Å². The summed E-state index contributed by atoms with van der Waals surface area (Å²) in [5.74, 6) is 0.693. The summed E-state index contributed by atoms with van der Waals surface area (Å²) in [5.41, 5.74) is 1.48. The fourth-order valence-corrected chi connectivity index (χ4v) is 6.02. The highest BCUT2D eigenvalue weighted by Crippen LogP contribution is 2.38. The fraction of sp³-hybridized carbons (Fsp3) is 0.458. The third-order valence-electron chi connectivity index (χ3n) is 6.90. The molecule has 2 amide bonds. The summed E-state index contributed by atoms with van der Waals surface area (Å²) in [4.78, 5) is 21.3. The summed E-state index contributed by atoms with van der Waals surface area (Å²) in [7, 11) is -3.27. The number of hydrogen-bond acceptors (Lipinski definition) is 6. The number of sulfonamides is 1. The van der Waals surface area contributed by atoms with E-state index in [9.17, 15) is 13.2 Å². The molecule has 2 fully saturated rings. The van der Waals surface area contributed by atoms with Crippen LogP contribution in [-0.4, -0.2) is 85.1 Å². The first-order valence-electron chi connectivity index (χ1n) is 11.6. The van der Waals surface area contributed by atoms with Crippen molar-refractivity contribution in [3.63, 3.8) is 0 Å². The zero-order chi connectivity index (χ0) is 26.0. The molecular weight excluding hydrogens is 523 g/mol. The lowest BCUT2D eigenvalue weighted by molar-refractivity contribution is 0.140. The first kappa shape index (κ1) is 26.5. The number of nitriles is 1. The predicted octanol–water partition coefficient (Wildman–Crippen LogP) is 3.47. The average Bonchev–Trinajstić information content (AvgIpc) is 3.31. The van der Waals surface area contributed by atoms with E-state index in [-0.39, 0.29) is 23.9 Å². The van der Waals surface area contributed by atoms with Gasteiger partial charge in [0.25, 0.3) is 0 Å². The number of nitrogens with one attached hydrogen (secondary N) is 1.